The average Bonchev–Trinajstić information content (AvgIpc) is 2.52. The summed E-state index contributed by atoms with van der Waals surface area (Å²) in [5, 5.41) is 8.55. The maximum absolute atomic E-state index is 13.5. The summed E-state index contributed by atoms with van der Waals surface area (Å²) < 4.78 is 26.5. The molecule has 1 N–H and O–H groups in total. The van der Waals surface area contributed by atoms with Crippen LogP contribution in [0, 0.1) is 5.82 Å². The molecule has 1 aliphatic heterocycles. The molecule has 1 atom stereocenters. The molecule has 1 heterocycles. The summed E-state index contributed by atoms with van der Waals surface area (Å²) in [7, 11) is 0. The van der Waals surface area contributed by atoms with Gasteiger partial charge in [-0.05, 0) is 28.1 Å². The normalized spacial score (nSPS) is 15.8. The molecule has 1 aliphatic rings. The number of hydrogen-bond acceptors (Lipinski definition) is 3. The number of Topliss-reactive ketones (excluding diaryl/α,β-unsaturated/α-hetero) is 1. The number of rotatable bonds is 2. The summed E-state index contributed by atoms with van der Waals surface area (Å²) in [6.45, 7) is 0. The van der Waals surface area contributed by atoms with Gasteiger partial charge in [-0.2, -0.15) is 0 Å². The van der Waals surface area contributed by atoms with Gasteiger partial charge in [0, 0.05) is 4.47 Å². The summed E-state index contributed by atoms with van der Waals surface area (Å²) >= 11 is 2.87. The topological polar surface area (TPSA) is 74.7 Å². The van der Waals surface area contributed by atoms with Gasteiger partial charge in [0.05, 0.1) is 11.3 Å². The summed E-state index contributed by atoms with van der Waals surface area (Å²) in [5.74, 6) is -5.20. The number of ketones is 1. The summed E-state index contributed by atoms with van der Waals surface area (Å²) in [5.41, 5.74) is -0.642. The molecule has 0 bridgehead atoms. The van der Waals surface area contributed by atoms with Crippen LogP contribution in [0.2, 0.25) is 0 Å². The quantitative estimate of drug-likeness (QED) is 0.662. The molecule has 1 amide bonds. The van der Waals surface area contributed by atoms with Gasteiger partial charge in [-0.25, -0.2) is 13.6 Å². The number of carboxylic acids is 1. The third-order valence-electron chi connectivity index (χ3n) is 2.36. The molecule has 0 saturated carbocycles. The molecule has 0 fully saturated rings. The highest BCUT2D eigenvalue weighted by molar-refractivity contribution is 9.10. The van der Waals surface area contributed by atoms with E-state index < -0.39 is 29.8 Å². The summed E-state index contributed by atoms with van der Waals surface area (Å²) in [6.07, 6.45) is -2.70. The first-order valence-corrected chi connectivity index (χ1v) is 5.37. The zero-order valence-electron chi connectivity index (χ0n) is 8.49. The third kappa shape index (κ3) is 1.69. The number of alkyl halides is 1. The molecule has 0 radical (unpaired) electrons. The Morgan fingerprint density at radius 2 is 2.00 bits per heavy atom. The van der Waals surface area contributed by atoms with E-state index in [0.717, 1.165) is 12.1 Å². The van der Waals surface area contributed by atoms with E-state index >= 15 is 0 Å². The Labute approximate surface area is 107 Å². The third-order valence-corrected chi connectivity index (χ3v) is 2.96. The monoisotopic (exact) mass is 319 g/mol. The number of fused-ring (bicyclic) bond motifs is 1. The van der Waals surface area contributed by atoms with Crippen molar-refractivity contribution in [3.05, 3.63) is 28.0 Å². The number of hydrogen-bond donors (Lipinski definition) is 1. The van der Waals surface area contributed by atoms with E-state index in [0.29, 0.717) is 0 Å². The van der Waals surface area contributed by atoms with Gasteiger partial charge in [0.15, 0.2) is 0 Å². The van der Waals surface area contributed by atoms with Crippen LogP contribution in [0.4, 0.5) is 14.5 Å². The first kappa shape index (κ1) is 12.6. The van der Waals surface area contributed by atoms with Crippen molar-refractivity contribution in [3.8, 4) is 0 Å². The number of carbonyl (C=O) groups excluding carboxylic acids is 2. The second-order valence-corrected chi connectivity index (χ2v) is 4.32. The number of carboxylic acid groups (broad SMARTS) is 1. The molecule has 8 heteroatoms. The summed E-state index contributed by atoms with van der Waals surface area (Å²) in [6, 6.07) is 1.67. The van der Waals surface area contributed by atoms with E-state index in [4.69, 9.17) is 5.11 Å². The second kappa shape index (κ2) is 4.13. The fraction of sp³-hybridized carbons (Fsp3) is 0.100. The van der Waals surface area contributed by atoms with E-state index in [2.05, 4.69) is 15.9 Å². The largest absolute Gasteiger partial charge is 0.478 e. The van der Waals surface area contributed by atoms with Crippen molar-refractivity contribution in [3.63, 3.8) is 0 Å². The van der Waals surface area contributed by atoms with Gasteiger partial charge in [0.1, 0.15) is 5.82 Å². The Hall–Kier alpha value is -1.83. The Balaban J connectivity index is 2.65. The Bertz CT molecular complexity index is 589. The van der Waals surface area contributed by atoms with Gasteiger partial charge < -0.3 is 5.11 Å². The van der Waals surface area contributed by atoms with Crippen molar-refractivity contribution in [2.24, 2.45) is 0 Å². The molecule has 0 spiro atoms. The van der Waals surface area contributed by atoms with Crippen LogP contribution < -0.4 is 4.90 Å². The van der Waals surface area contributed by atoms with Crippen LogP contribution in [0.3, 0.4) is 0 Å². The first-order chi connectivity index (χ1) is 8.34. The molecule has 5 nitrogen and oxygen atoms in total. The number of carbonyl (C=O) groups is 3. The predicted molar refractivity (Wildman–Crippen MR) is 58.4 cm³/mol. The van der Waals surface area contributed by atoms with Gasteiger partial charge in [-0.15, -0.1) is 0 Å². The maximum atomic E-state index is 13.5. The van der Waals surface area contributed by atoms with Crippen LogP contribution >= 0.6 is 15.9 Å². The minimum Gasteiger partial charge on any atom is -0.478 e. The van der Waals surface area contributed by atoms with Crippen molar-refractivity contribution in [1.29, 1.82) is 0 Å². The Morgan fingerprint density at radius 1 is 1.39 bits per heavy atom. The minimum absolute atomic E-state index is 0.0689. The Kier molecular flexibility index (Phi) is 2.89. The molecule has 0 aromatic heterocycles. The molecular weight excluding hydrogens is 316 g/mol. The van der Waals surface area contributed by atoms with Gasteiger partial charge in [-0.1, -0.05) is 0 Å². The minimum atomic E-state index is -2.70. The average molecular weight is 320 g/mol. The van der Waals surface area contributed by atoms with Gasteiger partial charge in [0.2, 0.25) is 0 Å². The van der Waals surface area contributed by atoms with E-state index in [9.17, 15) is 23.2 Å². The highest BCUT2D eigenvalue weighted by Gasteiger charge is 2.44. The molecule has 2 rings (SSSR count). The highest BCUT2D eigenvalue weighted by atomic mass is 79.9. The van der Waals surface area contributed by atoms with Gasteiger partial charge in [-0.3, -0.25) is 14.5 Å². The SMILES string of the molecule is O=C1C(=O)N(C(F)C(=O)O)c2c(Br)cc(F)cc21. The molecule has 0 aliphatic carbocycles. The number of anilines is 1. The molecule has 1 aromatic rings. The van der Waals surface area contributed by atoms with Gasteiger partial charge in [0.25, 0.3) is 12.1 Å². The first-order valence-electron chi connectivity index (χ1n) is 4.58. The lowest BCUT2D eigenvalue weighted by molar-refractivity contribution is -0.144. The molecule has 94 valence electrons. The molecule has 18 heavy (non-hydrogen) atoms. The van der Waals surface area contributed by atoms with Crippen molar-refractivity contribution in [1.82, 2.24) is 0 Å². The zero-order chi connectivity index (χ0) is 13.6. The lowest BCUT2D eigenvalue weighted by Gasteiger charge is -2.18. The second-order valence-electron chi connectivity index (χ2n) is 3.46. The summed E-state index contributed by atoms with van der Waals surface area (Å²) in [4.78, 5) is 33.7. The lowest BCUT2D eigenvalue weighted by atomic mass is 10.1. The van der Waals surface area contributed by atoms with Crippen molar-refractivity contribution < 1.29 is 28.3 Å². The van der Waals surface area contributed by atoms with Crippen LogP contribution in [-0.4, -0.2) is 29.1 Å². The molecule has 1 aromatic carbocycles. The van der Waals surface area contributed by atoms with E-state index in [1.165, 1.54) is 0 Å². The number of benzene rings is 1. The molecule has 0 saturated heterocycles. The van der Waals surface area contributed by atoms with Crippen LogP contribution in [0.25, 0.3) is 0 Å². The number of amides is 1. The fourth-order valence-electron chi connectivity index (χ4n) is 1.64. The smallest absolute Gasteiger partial charge is 0.360 e. The van der Waals surface area contributed by atoms with Crippen molar-refractivity contribution >= 4 is 39.3 Å². The zero-order valence-corrected chi connectivity index (χ0v) is 10.1. The predicted octanol–water partition coefficient (Wildman–Crippen LogP) is 1.50. The van der Waals surface area contributed by atoms with Crippen LogP contribution in [-0.2, 0) is 9.59 Å². The van der Waals surface area contributed by atoms with Gasteiger partial charge >= 0.3 is 11.9 Å². The number of nitrogens with zero attached hydrogens (tertiary/aromatic N) is 1. The fourth-order valence-corrected chi connectivity index (χ4v) is 2.26. The highest BCUT2D eigenvalue weighted by Crippen LogP contribution is 2.38. The Morgan fingerprint density at radius 3 is 2.56 bits per heavy atom. The van der Waals surface area contributed by atoms with Crippen LogP contribution in [0.5, 0.6) is 0 Å². The van der Waals surface area contributed by atoms with Crippen molar-refractivity contribution in [2.75, 3.05) is 4.90 Å². The molecular formula is C10H4BrF2NO4. The lowest BCUT2D eigenvalue weighted by Crippen LogP contribution is -2.41. The van der Waals surface area contributed by atoms with Crippen LogP contribution in [0.1, 0.15) is 10.4 Å². The van der Waals surface area contributed by atoms with Crippen LogP contribution in [0.15, 0.2) is 16.6 Å². The van der Waals surface area contributed by atoms with E-state index in [1.807, 2.05) is 0 Å². The maximum Gasteiger partial charge on any atom is 0.360 e. The number of halogens is 3. The standard InChI is InChI=1S/C10H4BrF2NO4/c11-5-2-3(12)1-4-6(5)14(8(13)10(17)18)9(16)7(4)15/h1-2,8H,(H,17,18). The van der Waals surface area contributed by atoms with Crippen molar-refractivity contribution in [2.45, 2.75) is 6.30 Å². The van der Waals surface area contributed by atoms with E-state index in [-0.39, 0.29) is 20.6 Å². The van der Waals surface area contributed by atoms with E-state index in [1.54, 1.807) is 0 Å². The molecule has 1 unspecified atom stereocenters. The number of aliphatic carboxylic acids is 1.